The van der Waals surface area contributed by atoms with E-state index in [1.807, 2.05) is 0 Å². The monoisotopic (exact) mass is 614 g/mol. The van der Waals surface area contributed by atoms with Crippen LogP contribution in [0.5, 0.6) is 5.75 Å². The highest BCUT2D eigenvalue weighted by Crippen LogP contribution is 2.38. The van der Waals surface area contributed by atoms with Gasteiger partial charge in [0.2, 0.25) is 5.91 Å². The lowest BCUT2D eigenvalue weighted by Gasteiger charge is -2.36. The summed E-state index contributed by atoms with van der Waals surface area (Å²) < 4.78 is 21.6. The second-order valence-corrected chi connectivity index (χ2v) is 11.9. The van der Waals surface area contributed by atoms with Crippen molar-refractivity contribution in [2.24, 2.45) is 5.73 Å². The van der Waals surface area contributed by atoms with E-state index >= 15 is 0 Å². The number of pyridine rings is 1. The molecule has 2 aromatic rings. The van der Waals surface area contributed by atoms with E-state index in [-0.39, 0.29) is 62.6 Å². The molecule has 1 atom stereocenters. The number of nitrogens with two attached hydrogens (primary N) is 1. The fraction of sp³-hybridized carbons (Fsp3) is 0.548. The van der Waals surface area contributed by atoms with E-state index in [1.165, 1.54) is 25.9 Å². The summed E-state index contributed by atoms with van der Waals surface area (Å²) in [6, 6.07) is 6.77. The summed E-state index contributed by atoms with van der Waals surface area (Å²) in [5.74, 6) is -3.74. The molecule has 0 aliphatic carbocycles. The molecule has 13 heteroatoms. The Kier molecular flexibility index (Phi) is 10.8. The third-order valence-corrected chi connectivity index (χ3v) is 6.96. The summed E-state index contributed by atoms with van der Waals surface area (Å²) in [4.78, 5) is 72.7. The molecule has 2 heterocycles. The van der Waals surface area contributed by atoms with Crippen LogP contribution in [0.2, 0.25) is 0 Å². The number of methoxy groups -OCH3 is 1. The van der Waals surface area contributed by atoms with E-state index < -0.39 is 47.0 Å². The highest BCUT2D eigenvalue weighted by Gasteiger charge is 2.38. The number of para-hydroxylation sites is 1. The molecule has 1 aromatic carbocycles. The molecule has 1 aliphatic heterocycles. The van der Waals surface area contributed by atoms with Crippen LogP contribution in [-0.2, 0) is 28.6 Å². The van der Waals surface area contributed by atoms with Crippen molar-refractivity contribution in [3.8, 4) is 5.75 Å². The molecule has 1 unspecified atom stereocenters. The number of primary amides is 1. The van der Waals surface area contributed by atoms with Crippen molar-refractivity contribution in [3.63, 3.8) is 0 Å². The van der Waals surface area contributed by atoms with Crippen LogP contribution in [0.25, 0.3) is 10.9 Å². The first kappa shape index (κ1) is 34.1. The van der Waals surface area contributed by atoms with Crippen molar-refractivity contribution < 1.29 is 42.9 Å². The normalized spacial score (nSPS) is 14.5. The molecule has 1 aromatic heterocycles. The van der Waals surface area contributed by atoms with Crippen LogP contribution in [0.1, 0.15) is 76.4 Å². The molecule has 0 bridgehead atoms. The predicted octanol–water partition coefficient (Wildman–Crippen LogP) is 3.17. The number of carbonyl (C=O) groups excluding carboxylic acids is 5. The Hall–Kier alpha value is -4.42. The Balaban J connectivity index is 2.13. The van der Waals surface area contributed by atoms with E-state index in [0.717, 1.165) is 0 Å². The van der Waals surface area contributed by atoms with Gasteiger partial charge in [-0.3, -0.25) is 19.4 Å². The lowest BCUT2D eigenvalue weighted by Crippen LogP contribution is -2.52. The SMILES string of the molecule is CCOC(=O)N1CCN(C(=O)C(CCC(=O)OC(C)(C)C)c2nc3ccccc3c(OC(C)(C)C(=O)OC)c2C(N)=O)CC1. The molecular weight excluding hydrogens is 572 g/mol. The molecular formula is C31H42N4O9. The Bertz CT molecular complexity index is 1410. The standard InChI is InChI=1S/C31H42N4O9/c1-8-42-29(40)35-17-15-34(16-18-35)27(38)20(13-14-22(36)43-30(2,3)4)24-23(26(32)37)25(44-31(5,6)28(39)41-7)19-11-9-10-12-21(19)33-24/h9-12,20H,8,13-18H2,1-7H3,(H2,32,37). The number of fused-ring (bicyclic) bond motifs is 1. The summed E-state index contributed by atoms with van der Waals surface area (Å²) in [7, 11) is 1.21. The van der Waals surface area contributed by atoms with Crippen LogP contribution in [0.15, 0.2) is 24.3 Å². The van der Waals surface area contributed by atoms with Gasteiger partial charge in [-0.05, 0) is 60.1 Å². The number of carbonyl (C=O) groups is 5. The molecule has 13 nitrogen and oxygen atoms in total. The Morgan fingerprint density at radius 1 is 0.977 bits per heavy atom. The van der Waals surface area contributed by atoms with Crippen LogP contribution in [0.4, 0.5) is 4.79 Å². The molecule has 0 spiro atoms. The van der Waals surface area contributed by atoms with Crippen LogP contribution in [0.3, 0.4) is 0 Å². The zero-order chi connectivity index (χ0) is 32.8. The summed E-state index contributed by atoms with van der Waals surface area (Å²) in [6.45, 7) is 11.0. The number of hydrogen-bond donors (Lipinski definition) is 1. The Morgan fingerprint density at radius 2 is 1.59 bits per heavy atom. The fourth-order valence-electron chi connectivity index (χ4n) is 4.92. The van der Waals surface area contributed by atoms with E-state index in [2.05, 4.69) is 0 Å². The first-order valence-electron chi connectivity index (χ1n) is 14.5. The van der Waals surface area contributed by atoms with Gasteiger partial charge >= 0.3 is 18.0 Å². The quantitative estimate of drug-likeness (QED) is 0.310. The maximum atomic E-state index is 14.2. The second-order valence-electron chi connectivity index (χ2n) is 11.9. The van der Waals surface area contributed by atoms with Gasteiger partial charge < -0.3 is 34.5 Å². The summed E-state index contributed by atoms with van der Waals surface area (Å²) in [6.07, 6.45) is -0.687. The van der Waals surface area contributed by atoms with Gasteiger partial charge in [0, 0.05) is 38.0 Å². The van der Waals surface area contributed by atoms with Crippen LogP contribution >= 0.6 is 0 Å². The Labute approximate surface area is 256 Å². The number of rotatable bonds is 10. The van der Waals surface area contributed by atoms with E-state index in [4.69, 9.17) is 29.7 Å². The van der Waals surface area contributed by atoms with Gasteiger partial charge in [-0.1, -0.05) is 12.1 Å². The molecule has 240 valence electrons. The summed E-state index contributed by atoms with van der Waals surface area (Å²) in [5.41, 5.74) is 3.83. The number of ether oxygens (including phenoxy) is 4. The molecule has 1 fully saturated rings. The number of piperazine rings is 1. The van der Waals surface area contributed by atoms with E-state index in [0.29, 0.717) is 10.9 Å². The van der Waals surface area contributed by atoms with Crippen molar-refractivity contribution in [1.82, 2.24) is 14.8 Å². The molecule has 1 aliphatic rings. The van der Waals surface area contributed by atoms with E-state index in [9.17, 15) is 24.0 Å². The van der Waals surface area contributed by atoms with Crippen LogP contribution < -0.4 is 10.5 Å². The van der Waals surface area contributed by atoms with Crippen LogP contribution in [0, 0.1) is 0 Å². The molecule has 3 rings (SSSR count). The predicted molar refractivity (Wildman–Crippen MR) is 160 cm³/mol. The van der Waals surface area contributed by atoms with Crippen molar-refractivity contribution in [3.05, 3.63) is 35.5 Å². The third-order valence-electron chi connectivity index (χ3n) is 6.96. The average Bonchev–Trinajstić information content (AvgIpc) is 2.95. The van der Waals surface area contributed by atoms with Crippen molar-refractivity contribution in [2.75, 3.05) is 39.9 Å². The molecule has 2 N–H and O–H groups in total. The topological polar surface area (TPSA) is 168 Å². The molecule has 3 amide bonds. The van der Waals surface area contributed by atoms with Crippen molar-refractivity contribution in [1.29, 1.82) is 0 Å². The van der Waals surface area contributed by atoms with Gasteiger partial charge in [-0.2, -0.15) is 0 Å². The lowest BCUT2D eigenvalue weighted by molar-refractivity contribution is -0.156. The highest BCUT2D eigenvalue weighted by atomic mass is 16.6. The summed E-state index contributed by atoms with van der Waals surface area (Å²) >= 11 is 0. The van der Waals surface area contributed by atoms with Gasteiger partial charge in [0.15, 0.2) is 5.60 Å². The first-order valence-corrected chi connectivity index (χ1v) is 14.5. The second kappa shape index (κ2) is 13.9. The van der Waals surface area contributed by atoms with Gasteiger partial charge in [-0.15, -0.1) is 0 Å². The van der Waals surface area contributed by atoms with E-state index in [1.54, 1.807) is 56.9 Å². The first-order chi connectivity index (χ1) is 20.6. The van der Waals surface area contributed by atoms with Gasteiger partial charge in [0.05, 0.1) is 30.8 Å². The molecule has 1 saturated heterocycles. The average molecular weight is 615 g/mol. The van der Waals surface area contributed by atoms with Gasteiger partial charge in [0.25, 0.3) is 5.91 Å². The van der Waals surface area contributed by atoms with Gasteiger partial charge in [0.1, 0.15) is 16.9 Å². The van der Waals surface area contributed by atoms with Crippen LogP contribution in [-0.4, -0.2) is 95.7 Å². The Morgan fingerprint density at radius 3 is 2.16 bits per heavy atom. The number of benzene rings is 1. The smallest absolute Gasteiger partial charge is 0.409 e. The minimum absolute atomic E-state index is 0.00764. The maximum Gasteiger partial charge on any atom is 0.409 e. The zero-order valence-electron chi connectivity index (χ0n) is 26.4. The minimum atomic E-state index is -1.54. The fourth-order valence-corrected chi connectivity index (χ4v) is 4.92. The molecule has 0 saturated carbocycles. The molecule has 44 heavy (non-hydrogen) atoms. The number of hydrogen-bond acceptors (Lipinski definition) is 10. The number of amides is 3. The number of nitrogens with zero attached hydrogens (tertiary/aromatic N) is 3. The maximum absolute atomic E-state index is 14.2. The molecule has 0 radical (unpaired) electrons. The van der Waals surface area contributed by atoms with Crippen molar-refractivity contribution in [2.45, 2.75) is 71.5 Å². The number of aromatic nitrogens is 1. The zero-order valence-corrected chi connectivity index (χ0v) is 26.4. The largest absolute Gasteiger partial charge is 0.475 e. The lowest BCUT2D eigenvalue weighted by atomic mass is 9.91. The summed E-state index contributed by atoms with van der Waals surface area (Å²) in [5, 5.41) is 0.392. The third kappa shape index (κ3) is 8.14. The minimum Gasteiger partial charge on any atom is -0.475 e. The highest BCUT2D eigenvalue weighted by molar-refractivity contribution is 6.05. The number of esters is 2. The van der Waals surface area contributed by atoms with Gasteiger partial charge in [-0.25, -0.2) is 9.59 Å². The van der Waals surface area contributed by atoms with Crippen molar-refractivity contribution >= 4 is 40.7 Å².